The molecule has 0 unspecified atom stereocenters. The summed E-state index contributed by atoms with van der Waals surface area (Å²) < 4.78 is 66.4. The maximum atomic E-state index is 13.2. The molecule has 1 atom stereocenters. The molecule has 0 aliphatic rings. The molecule has 5 nitrogen and oxygen atoms in total. The van der Waals surface area contributed by atoms with E-state index in [2.05, 4.69) is 4.74 Å². The van der Waals surface area contributed by atoms with Crippen LogP contribution in [0.1, 0.15) is 0 Å². The highest BCUT2D eigenvalue weighted by Crippen LogP contribution is 2.18. The summed E-state index contributed by atoms with van der Waals surface area (Å²) in [7, 11) is 0. The molecule has 0 saturated carbocycles. The Kier molecular flexibility index (Phi) is 5.06. The van der Waals surface area contributed by atoms with Crippen LogP contribution >= 0.6 is 0 Å². The molecule has 2 N–H and O–H groups in total. The summed E-state index contributed by atoms with van der Waals surface area (Å²) >= 11 is 0. The van der Waals surface area contributed by atoms with Crippen LogP contribution in [0.25, 0.3) is 0 Å². The van der Waals surface area contributed by atoms with Crippen molar-refractivity contribution < 1.29 is 41.4 Å². The number of rotatable bonds is 5. The van der Waals surface area contributed by atoms with Gasteiger partial charge < -0.3 is 15.2 Å². The van der Waals surface area contributed by atoms with E-state index < -0.39 is 48.1 Å². The molecule has 116 valence electrons. The molecule has 21 heavy (non-hydrogen) atoms. The number of hydrogen-bond donors (Lipinski definition) is 2. The molecule has 0 aliphatic carbocycles. The second-order valence-corrected chi connectivity index (χ2v) is 3.75. The Morgan fingerprint density at radius 2 is 1.90 bits per heavy atom. The fourth-order valence-electron chi connectivity index (χ4n) is 1.18. The second kappa shape index (κ2) is 6.37. The third-order valence-electron chi connectivity index (χ3n) is 2.16. The molecule has 0 bridgehead atoms. The normalized spacial score (nSPS) is 12.6. The van der Waals surface area contributed by atoms with Crippen molar-refractivity contribution in [1.82, 2.24) is 5.32 Å². The lowest BCUT2D eigenvalue weighted by atomic mass is 10.3. The number of hydrogen-bond acceptors (Lipinski definition) is 3. The first kappa shape index (κ1) is 16.7. The first-order valence-corrected chi connectivity index (χ1v) is 5.29. The Balaban J connectivity index is 2.72. The van der Waals surface area contributed by atoms with Crippen LogP contribution in [0.2, 0.25) is 0 Å². The quantitative estimate of drug-likeness (QED) is 0.807. The number of nitrogens with one attached hydrogen (secondary N) is 1. The monoisotopic (exact) mass is 313 g/mol. The summed E-state index contributed by atoms with van der Waals surface area (Å²) in [6, 6.07) is 0.0282. The zero-order valence-electron chi connectivity index (χ0n) is 10.1. The van der Waals surface area contributed by atoms with Gasteiger partial charge in [-0.05, 0) is 12.1 Å². The Morgan fingerprint density at radius 3 is 2.38 bits per heavy atom. The van der Waals surface area contributed by atoms with Crippen molar-refractivity contribution >= 4 is 11.9 Å². The molecule has 1 aromatic rings. The van der Waals surface area contributed by atoms with Crippen molar-refractivity contribution in [3.8, 4) is 5.75 Å². The van der Waals surface area contributed by atoms with Gasteiger partial charge in [0.05, 0.1) is 0 Å². The fourth-order valence-corrected chi connectivity index (χ4v) is 1.18. The average Bonchev–Trinajstić information content (AvgIpc) is 2.34. The molecule has 0 heterocycles. The zero-order chi connectivity index (χ0) is 16.2. The van der Waals surface area contributed by atoms with E-state index in [9.17, 15) is 31.5 Å². The standard InChI is InChI=1S/C11H8F5NO4/c12-5-1-2-8(6(13)3-5)21-4-7(9(18)19)17-10(20)11(14,15)16/h1-3,7H,4H2,(H,17,20)(H,18,19)/t7-/m0/s1. The van der Waals surface area contributed by atoms with Gasteiger partial charge in [-0.1, -0.05) is 0 Å². The first-order chi connectivity index (χ1) is 9.61. The van der Waals surface area contributed by atoms with Crippen LogP contribution in [0.3, 0.4) is 0 Å². The second-order valence-electron chi connectivity index (χ2n) is 3.75. The number of carboxylic acid groups (broad SMARTS) is 1. The van der Waals surface area contributed by atoms with Crippen LogP contribution in [0, 0.1) is 11.6 Å². The third-order valence-corrected chi connectivity index (χ3v) is 2.16. The van der Waals surface area contributed by atoms with E-state index in [0.717, 1.165) is 12.1 Å². The van der Waals surface area contributed by atoms with E-state index in [1.807, 2.05) is 0 Å². The average molecular weight is 313 g/mol. The molecule has 10 heteroatoms. The molecule has 0 spiro atoms. The van der Waals surface area contributed by atoms with Gasteiger partial charge in [-0.25, -0.2) is 13.6 Å². The highest BCUT2D eigenvalue weighted by molar-refractivity contribution is 5.87. The molecule has 0 aromatic heterocycles. The summed E-state index contributed by atoms with van der Waals surface area (Å²) in [5, 5.41) is 9.84. The predicted molar refractivity (Wildman–Crippen MR) is 57.5 cm³/mol. The molecule has 1 rings (SSSR count). The van der Waals surface area contributed by atoms with Crippen LogP contribution in [-0.2, 0) is 9.59 Å². The Hall–Kier alpha value is -2.39. The van der Waals surface area contributed by atoms with Crippen LogP contribution in [-0.4, -0.2) is 35.8 Å². The number of carboxylic acids is 1. The Labute approximate surface area is 114 Å². The van der Waals surface area contributed by atoms with Gasteiger partial charge in [0.25, 0.3) is 0 Å². The van der Waals surface area contributed by atoms with Gasteiger partial charge in [0.15, 0.2) is 17.6 Å². The molecule has 0 saturated heterocycles. The lowest BCUT2D eigenvalue weighted by Gasteiger charge is -2.16. The highest BCUT2D eigenvalue weighted by atomic mass is 19.4. The van der Waals surface area contributed by atoms with Gasteiger partial charge in [-0.2, -0.15) is 13.2 Å². The van der Waals surface area contributed by atoms with E-state index in [-0.39, 0.29) is 0 Å². The number of halogens is 5. The van der Waals surface area contributed by atoms with Crippen molar-refractivity contribution in [3.63, 3.8) is 0 Å². The number of carbonyl (C=O) groups excluding carboxylic acids is 1. The van der Waals surface area contributed by atoms with Crippen LogP contribution in [0.5, 0.6) is 5.75 Å². The maximum Gasteiger partial charge on any atom is 0.471 e. The van der Waals surface area contributed by atoms with Crippen molar-refractivity contribution in [2.75, 3.05) is 6.61 Å². The summed E-state index contributed by atoms with van der Waals surface area (Å²) in [5.41, 5.74) is 0. The summed E-state index contributed by atoms with van der Waals surface area (Å²) in [6.07, 6.45) is -5.27. The largest absolute Gasteiger partial charge is 0.488 e. The van der Waals surface area contributed by atoms with Crippen molar-refractivity contribution in [3.05, 3.63) is 29.8 Å². The van der Waals surface area contributed by atoms with Gasteiger partial charge in [0.1, 0.15) is 12.4 Å². The number of amides is 1. The van der Waals surface area contributed by atoms with Gasteiger partial charge in [-0.3, -0.25) is 4.79 Å². The third kappa shape index (κ3) is 4.89. The fraction of sp³-hybridized carbons (Fsp3) is 0.273. The van der Waals surface area contributed by atoms with E-state index in [1.54, 1.807) is 0 Å². The molecular formula is C11H8F5NO4. The van der Waals surface area contributed by atoms with Crippen molar-refractivity contribution in [2.45, 2.75) is 12.2 Å². The lowest BCUT2D eigenvalue weighted by Crippen LogP contribution is -2.49. The molecular weight excluding hydrogens is 305 g/mol. The topological polar surface area (TPSA) is 75.6 Å². The minimum atomic E-state index is -5.27. The van der Waals surface area contributed by atoms with Crippen molar-refractivity contribution in [2.24, 2.45) is 0 Å². The number of aliphatic carboxylic acids is 1. The SMILES string of the molecule is O=C(O)[C@H](COc1ccc(F)cc1F)NC(=O)C(F)(F)F. The smallest absolute Gasteiger partial charge is 0.471 e. The van der Waals surface area contributed by atoms with Gasteiger partial charge >= 0.3 is 18.1 Å². The van der Waals surface area contributed by atoms with Crippen LogP contribution < -0.4 is 10.1 Å². The highest BCUT2D eigenvalue weighted by Gasteiger charge is 2.41. The molecule has 0 fully saturated rings. The number of benzene rings is 1. The maximum absolute atomic E-state index is 13.2. The van der Waals surface area contributed by atoms with Crippen LogP contribution in [0.4, 0.5) is 22.0 Å². The van der Waals surface area contributed by atoms with E-state index in [1.165, 1.54) is 5.32 Å². The van der Waals surface area contributed by atoms with Gasteiger partial charge in [0, 0.05) is 6.07 Å². The summed E-state index contributed by atoms with van der Waals surface area (Å²) in [4.78, 5) is 21.3. The predicted octanol–water partition coefficient (Wildman–Crippen LogP) is 1.48. The summed E-state index contributed by atoms with van der Waals surface area (Å²) in [6.45, 7) is -0.973. The number of alkyl halides is 3. The van der Waals surface area contributed by atoms with Gasteiger partial charge in [0.2, 0.25) is 0 Å². The number of ether oxygens (including phenoxy) is 1. The zero-order valence-corrected chi connectivity index (χ0v) is 10.1. The van der Waals surface area contributed by atoms with E-state index in [0.29, 0.717) is 6.07 Å². The first-order valence-electron chi connectivity index (χ1n) is 5.29. The molecule has 0 radical (unpaired) electrons. The Bertz CT molecular complexity index is 546. The van der Waals surface area contributed by atoms with Crippen molar-refractivity contribution in [1.29, 1.82) is 0 Å². The molecule has 0 aliphatic heterocycles. The molecule has 1 amide bonds. The van der Waals surface area contributed by atoms with Gasteiger partial charge in [-0.15, -0.1) is 0 Å². The minimum Gasteiger partial charge on any atom is -0.488 e. The summed E-state index contributed by atoms with van der Waals surface area (Å²) in [5.74, 6) is -6.93. The van der Waals surface area contributed by atoms with Crippen LogP contribution in [0.15, 0.2) is 18.2 Å². The van der Waals surface area contributed by atoms with E-state index in [4.69, 9.17) is 5.11 Å². The Morgan fingerprint density at radius 1 is 1.29 bits per heavy atom. The number of carbonyl (C=O) groups is 2. The minimum absolute atomic E-state index is 0.444. The molecule has 1 aromatic carbocycles. The lowest BCUT2D eigenvalue weighted by molar-refractivity contribution is -0.175. The van der Waals surface area contributed by atoms with E-state index >= 15 is 0 Å².